The lowest BCUT2D eigenvalue weighted by Gasteiger charge is -2.14. The number of likely N-dealkylation sites (N-methyl/N-ethyl adjacent to an activating group) is 1. The highest BCUT2D eigenvalue weighted by molar-refractivity contribution is 5.93. The molecule has 0 aliphatic heterocycles. The van der Waals surface area contributed by atoms with Gasteiger partial charge in [0.25, 0.3) is 11.3 Å². The van der Waals surface area contributed by atoms with E-state index in [1.807, 2.05) is 49.3 Å². The van der Waals surface area contributed by atoms with Gasteiger partial charge in [-0.05, 0) is 32.3 Å². The predicted molar refractivity (Wildman–Crippen MR) is 103 cm³/mol. The van der Waals surface area contributed by atoms with E-state index in [4.69, 9.17) is 4.74 Å². The van der Waals surface area contributed by atoms with Gasteiger partial charge in [-0.3, -0.25) is 4.79 Å². The smallest absolute Gasteiger partial charge is 0.262 e. The molecule has 27 heavy (non-hydrogen) atoms. The highest BCUT2D eigenvalue weighted by atomic mass is 16.5. The number of rotatable bonds is 5. The van der Waals surface area contributed by atoms with Gasteiger partial charge in [0, 0.05) is 24.8 Å². The Bertz CT molecular complexity index is 1180. The molecule has 3 heterocycles. The topological polar surface area (TPSA) is 77.5 Å². The lowest BCUT2D eigenvalue weighted by Crippen LogP contribution is -2.27. The molecule has 0 aliphatic rings. The Kier molecular flexibility index (Phi) is 4.33. The van der Waals surface area contributed by atoms with Crippen LogP contribution in [0.5, 0.6) is 5.75 Å². The molecule has 0 saturated heterocycles. The van der Waals surface area contributed by atoms with Crippen LogP contribution in [0, 0.1) is 0 Å². The number of hydrogen-bond acceptors (Lipinski definition) is 6. The fourth-order valence-corrected chi connectivity index (χ4v) is 3.08. The monoisotopic (exact) mass is 364 g/mol. The summed E-state index contributed by atoms with van der Waals surface area (Å²) in [7, 11) is 5.57. The van der Waals surface area contributed by atoms with E-state index >= 15 is 0 Å². The highest BCUT2D eigenvalue weighted by Gasteiger charge is 2.17. The summed E-state index contributed by atoms with van der Waals surface area (Å²) in [5, 5.41) is 4.81. The standard InChI is InChI=1S/C19H20N6O2/c1-23(2)9-10-24-8-7-15-16(18(24)26)17(25-19(22-15)20-12-21-25)13-5-4-6-14(11-13)27-3/h4-8,11-12H,9-10H2,1-3H3. The van der Waals surface area contributed by atoms with E-state index in [0.29, 0.717) is 34.7 Å². The Hall–Kier alpha value is -3.26. The number of pyridine rings is 1. The van der Waals surface area contributed by atoms with Gasteiger partial charge in [-0.1, -0.05) is 12.1 Å². The molecule has 3 aromatic heterocycles. The van der Waals surface area contributed by atoms with Gasteiger partial charge in [0.1, 0.15) is 12.1 Å². The van der Waals surface area contributed by atoms with Crippen LogP contribution in [0.15, 0.2) is 47.7 Å². The molecule has 0 amide bonds. The number of methoxy groups -OCH3 is 1. The van der Waals surface area contributed by atoms with Crippen LogP contribution in [0.1, 0.15) is 0 Å². The third kappa shape index (κ3) is 3.04. The van der Waals surface area contributed by atoms with Crippen molar-refractivity contribution in [1.29, 1.82) is 0 Å². The Balaban J connectivity index is 2.04. The van der Waals surface area contributed by atoms with E-state index in [2.05, 4.69) is 15.1 Å². The molecule has 8 nitrogen and oxygen atoms in total. The molecule has 8 heteroatoms. The second kappa shape index (κ2) is 6.81. The van der Waals surface area contributed by atoms with Gasteiger partial charge < -0.3 is 14.2 Å². The van der Waals surface area contributed by atoms with Crippen LogP contribution in [0.25, 0.3) is 27.9 Å². The van der Waals surface area contributed by atoms with Crippen molar-refractivity contribution in [3.63, 3.8) is 0 Å². The van der Waals surface area contributed by atoms with Gasteiger partial charge in [-0.2, -0.15) is 14.6 Å². The molecule has 0 fully saturated rings. The zero-order valence-corrected chi connectivity index (χ0v) is 15.5. The molecule has 4 aromatic rings. The summed E-state index contributed by atoms with van der Waals surface area (Å²) < 4.78 is 8.66. The van der Waals surface area contributed by atoms with Crippen LogP contribution in [-0.4, -0.2) is 56.8 Å². The second-order valence-corrected chi connectivity index (χ2v) is 6.54. The molecular weight excluding hydrogens is 344 g/mol. The van der Waals surface area contributed by atoms with Crippen molar-refractivity contribution >= 4 is 16.7 Å². The predicted octanol–water partition coefficient (Wildman–Crippen LogP) is 1.68. The third-order valence-corrected chi connectivity index (χ3v) is 4.47. The number of ether oxygens (including phenoxy) is 1. The Labute approximate surface area is 155 Å². The maximum atomic E-state index is 13.3. The lowest BCUT2D eigenvalue weighted by atomic mass is 10.1. The Morgan fingerprint density at radius 3 is 2.85 bits per heavy atom. The molecule has 0 radical (unpaired) electrons. The molecule has 0 unspecified atom stereocenters. The van der Waals surface area contributed by atoms with Crippen molar-refractivity contribution in [3.8, 4) is 17.0 Å². The molecular formula is C19H20N6O2. The molecule has 0 spiro atoms. The summed E-state index contributed by atoms with van der Waals surface area (Å²) >= 11 is 0. The maximum absolute atomic E-state index is 13.3. The normalized spacial score (nSPS) is 11.6. The van der Waals surface area contributed by atoms with Crippen LogP contribution >= 0.6 is 0 Å². The van der Waals surface area contributed by atoms with Crippen LogP contribution in [0.2, 0.25) is 0 Å². The zero-order valence-electron chi connectivity index (χ0n) is 15.5. The zero-order chi connectivity index (χ0) is 19.0. The first-order valence-corrected chi connectivity index (χ1v) is 8.60. The molecule has 0 aliphatic carbocycles. The number of nitrogens with zero attached hydrogens (tertiary/aromatic N) is 6. The molecule has 0 atom stereocenters. The molecule has 0 bridgehead atoms. The number of aromatic nitrogens is 5. The van der Waals surface area contributed by atoms with Gasteiger partial charge in [-0.25, -0.2) is 4.98 Å². The van der Waals surface area contributed by atoms with E-state index < -0.39 is 0 Å². The van der Waals surface area contributed by atoms with Crippen molar-refractivity contribution in [2.75, 3.05) is 27.7 Å². The van der Waals surface area contributed by atoms with Crippen LogP contribution in [-0.2, 0) is 6.54 Å². The molecule has 4 rings (SSSR count). The first-order chi connectivity index (χ1) is 13.1. The first-order valence-electron chi connectivity index (χ1n) is 8.60. The van der Waals surface area contributed by atoms with Crippen LogP contribution in [0.3, 0.4) is 0 Å². The summed E-state index contributed by atoms with van der Waals surface area (Å²) in [5.41, 5.74) is 1.98. The van der Waals surface area contributed by atoms with Gasteiger partial charge in [-0.15, -0.1) is 0 Å². The average Bonchev–Trinajstić information content (AvgIpc) is 3.14. The van der Waals surface area contributed by atoms with E-state index in [1.165, 1.54) is 6.33 Å². The maximum Gasteiger partial charge on any atom is 0.262 e. The molecule has 0 N–H and O–H groups in total. The minimum Gasteiger partial charge on any atom is -0.497 e. The fraction of sp³-hybridized carbons (Fsp3) is 0.263. The minimum absolute atomic E-state index is 0.0999. The molecule has 138 valence electrons. The van der Waals surface area contributed by atoms with E-state index in [0.717, 1.165) is 12.1 Å². The molecule has 1 aromatic carbocycles. The van der Waals surface area contributed by atoms with Crippen LogP contribution in [0.4, 0.5) is 0 Å². The third-order valence-electron chi connectivity index (χ3n) is 4.47. The number of hydrogen-bond donors (Lipinski definition) is 0. The SMILES string of the molecule is COc1cccc(-c2c3c(=O)n(CCN(C)C)ccc3nc3ncnn23)c1. The quantitative estimate of drug-likeness (QED) is 0.536. The van der Waals surface area contributed by atoms with Crippen molar-refractivity contribution in [2.24, 2.45) is 0 Å². The van der Waals surface area contributed by atoms with E-state index in [-0.39, 0.29) is 5.56 Å². The van der Waals surface area contributed by atoms with Crippen molar-refractivity contribution in [2.45, 2.75) is 6.54 Å². The van der Waals surface area contributed by atoms with Gasteiger partial charge in [0.05, 0.1) is 23.7 Å². The highest BCUT2D eigenvalue weighted by Crippen LogP contribution is 2.28. The summed E-state index contributed by atoms with van der Waals surface area (Å²) in [4.78, 5) is 24.0. The number of fused-ring (bicyclic) bond motifs is 2. The van der Waals surface area contributed by atoms with E-state index in [1.54, 1.807) is 22.4 Å². The summed E-state index contributed by atoms with van der Waals surface area (Å²) in [5.74, 6) is 1.15. The average molecular weight is 364 g/mol. The van der Waals surface area contributed by atoms with E-state index in [9.17, 15) is 4.79 Å². The Morgan fingerprint density at radius 2 is 2.07 bits per heavy atom. The second-order valence-electron chi connectivity index (χ2n) is 6.54. The summed E-state index contributed by atoms with van der Waals surface area (Å²) in [6.45, 7) is 1.35. The van der Waals surface area contributed by atoms with Gasteiger partial charge in [0.15, 0.2) is 0 Å². The van der Waals surface area contributed by atoms with Crippen molar-refractivity contribution in [3.05, 3.63) is 53.2 Å². The van der Waals surface area contributed by atoms with Crippen molar-refractivity contribution in [1.82, 2.24) is 29.0 Å². The fourth-order valence-electron chi connectivity index (χ4n) is 3.08. The lowest BCUT2D eigenvalue weighted by molar-refractivity contribution is 0.381. The minimum atomic E-state index is -0.0999. The summed E-state index contributed by atoms with van der Waals surface area (Å²) in [6, 6.07) is 9.41. The summed E-state index contributed by atoms with van der Waals surface area (Å²) in [6.07, 6.45) is 3.22. The Morgan fingerprint density at radius 1 is 1.22 bits per heavy atom. The van der Waals surface area contributed by atoms with Gasteiger partial charge >= 0.3 is 0 Å². The van der Waals surface area contributed by atoms with Crippen molar-refractivity contribution < 1.29 is 4.74 Å². The van der Waals surface area contributed by atoms with Gasteiger partial charge in [0.2, 0.25) is 0 Å². The number of benzene rings is 1. The molecule has 0 saturated carbocycles. The first kappa shape index (κ1) is 17.2. The van der Waals surface area contributed by atoms with Crippen LogP contribution < -0.4 is 10.3 Å². The largest absolute Gasteiger partial charge is 0.497 e.